The number of aliphatic hydroxyl groups excluding tert-OH is 1. The van der Waals surface area contributed by atoms with Crippen LogP contribution in [0.4, 0.5) is 5.69 Å². The van der Waals surface area contributed by atoms with Gasteiger partial charge in [0.2, 0.25) is 17.7 Å². The van der Waals surface area contributed by atoms with Gasteiger partial charge in [-0.15, -0.1) is 24.9 Å². The lowest BCUT2D eigenvalue weighted by molar-refractivity contribution is -0.146. The Morgan fingerprint density at radius 1 is 1.15 bits per heavy atom. The van der Waals surface area contributed by atoms with Crippen molar-refractivity contribution in [3.05, 3.63) is 55.6 Å². The molecule has 3 unspecified atom stereocenters. The van der Waals surface area contributed by atoms with E-state index >= 15 is 0 Å². The number of carbonyl (C=O) groups excluding carboxylic acids is 3. The van der Waals surface area contributed by atoms with Gasteiger partial charge in [-0.2, -0.15) is 0 Å². The van der Waals surface area contributed by atoms with Crippen molar-refractivity contribution in [2.75, 3.05) is 24.6 Å². The number of rotatable bonds is 12. The second kappa shape index (κ2) is 11.5. The zero-order valence-electron chi connectivity index (χ0n) is 23.7. The van der Waals surface area contributed by atoms with Crippen molar-refractivity contribution < 1.29 is 19.5 Å². The van der Waals surface area contributed by atoms with Gasteiger partial charge in [-0.05, 0) is 52.2 Å². The van der Waals surface area contributed by atoms with E-state index in [1.165, 1.54) is 0 Å². The third kappa shape index (κ3) is 4.73. The summed E-state index contributed by atoms with van der Waals surface area (Å²) >= 11 is 1.66. The van der Waals surface area contributed by atoms with Crippen LogP contribution in [0.25, 0.3) is 0 Å². The number of hydrogen-bond donors (Lipinski definition) is 1. The number of benzene rings is 1. The lowest BCUT2D eigenvalue weighted by atomic mass is 9.66. The quantitative estimate of drug-likeness (QED) is 0.391. The average Bonchev–Trinajstić information content (AvgIpc) is 3.50. The Morgan fingerprint density at radius 3 is 2.41 bits per heavy atom. The number of amides is 3. The van der Waals surface area contributed by atoms with Crippen molar-refractivity contribution in [3.63, 3.8) is 0 Å². The second-order valence-corrected chi connectivity index (χ2v) is 13.4. The first-order valence-corrected chi connectivity index (χ1v) is 14.9. The first kappa shape index (κ1) is 29.4. The molecule has 3 aliphatic heterocycles. The number of nitrogens with zero attached hydrogens (tertiary/aromatic N) is 3. The normalized spacial score (nSPS) is 30.5. The monoisotopic (exact) mass is 553 g/mol. The Balaban J connectivity index is 1.81. The van der Waals surface area contributed by atoms with E-state index in [2.05, 4.69) is 27.0 Å². The highest BCUT2D eigenvalue weighted by atomic mass is 32.2. The van der Waals surface area contributed by atoms with Crippen molar-refractivity contribution in [3.8, 4) is 0 Å². The molecule has 1 spiro atoms. The highest BCUT2D eigenvalue weighted by Gasteiger charge is 2.78. The zero-order valence-corrected chi connectivity index (χ0v) is 24.5. The molecule has 0 aromatic heterocycles. The van der Waals surface area contributed by atoms with Gasteiger partial charge in [0.25, 0.3) is 0 Å². The van der Waals surface area contributed by atoms with Crippen molar-refractivity contribution in [2.24, 2.45) is 11.8 Å². The molecule has 7 nitrogen and oxygen atoms in total. The predicted molar refractivity (Wildman–Crippen MR) is 157 cm³/mol. The maximum atomic E-state index is 14.5. The number of aliphatic hydroxyl groups is 1. The first-order valence-electron chi connectivity index (χ1n) is 14.1. The molecule has 39 heavy (non-hydrogen) atoms. The van der Waals surface area contributed by atoms with E-state index in [-0.39, 0.29) is 30.4 Å². The summed E-state index contributed by atoms with van der Waals surface area (Å²) < 4.78 is -1.20. The summed E-state index contributed by atoms with van der Waals surface area (Å²) in [5.74, 6) is -1.64. The highest BCUT2D eigenvalue weighted by Crippen LogP contribution is 2.72. The fourth-order valence-corrected chi connectivity index (χ4v) is 9.50. The van der Waals surface area contributed by atoms with Crippen LogP contribution >= 0.6 is 11.8 Å². The van der Waals surface area contributed by atoms with Crippen LogP contribution in [0.15, 0.2) is 55.6 Å². The first-order chi connectivity index (χ1) is 18.6. The van der Waals surface area contributed by atoms with Gasteiger partial charge in [0.15, 0.2) is 0 Å². The molecule has 1 N–H and O–H groups in total. The molecule has 7 atom stereocenters. The van der Waals surface area contributed by atoms with Crippen LogP contribution < -0.4 is 4.90 Å². The topological polar surface area (TPSA) is 81.2 Å². The van der Waals surface area contributed by atoms with E-state index in [9.17, 15) is 19.5 Å². The molecule has 3 amide bonds. The Labute approximate surface area is 237 Å². The summed E-state index contributed by atoms with van der Waals surface area (Å²) in [7, 11) is 0. The predicted octanol–water partition coefficient (Wildman–Crippen LogP) is 4.27. The lowest BCUT2D eigenvalue weighted by Crippen LogP contribution is -2.58. The van der Waals surface area contributed by atoms with Crippen LogP contribution in [0.5, 0.6) is 0 Å². The summed E-state index contributed by atoms with van der Waals surface area (Å²) in [6.07, 6.45) is 6.62. The SMILES string of the molecule is C=CCN(C(=O)[C@@H]1[C@H]2C(=O)N([C@H](C)CO)C(C(=O)N(CC=C)C(C)CCC)C23CC[C@@]1(C)S3)c1ccccc1. The molecule has 1 aromatic carbocycles. The average molecular weight is 554 g/mol. The van der Waals surface area contributed by atoms with Crippen molar-refractivity contribution >= 4 is 35.2 Å². The third-order valence-electron chi connectivity index (χ3n) is 8.95. The Bertz CT molecular complexity index is 1110. The van der Waals surface area contributed by atoms with E-state index in [4.69, 9.17) is 0 Å². The minimum absolute atomic E-state index is 0.0184. The Hall–Kier alpha value is -2.58. The number of hydrogen-bond acceptors (Lipinski definition) is 5. The van der Waals surface area contributed by atoms with Gasteiger partial charge >= 0.3 is 0 Å². The molecule has 3 aliphatic rings. The fraction of sp³-hybridized carbons (Fsp3) is 0.581. The minimum Gasteiger partial charge on any atom is -0.394 e. The van der Waals surface area contributed by atoms with E-state index in [1.807, 2.05) is 42.2 Å². The van der Waals surface area contributed by atoms with E-state index in [0.717, 1.165) is 24.9 Å². The number of thioether (sulfide) groups is 1. The maximum Gasteiger partial charge on any atom is 0.247 e. The smallest absolute Gasteiger partial charge is 0.247 e. The summed E-state index contributed by atoms with van der Waals surface area (Å²) in [5, 5.41) is 10.2. The van der Waals surface area contributed by atoms with Gasteiger partial charge in [-0.25, -0.2) is 0 Å². The molecule has 212 valence electrons. The molecular formula is C31H43N3O4S. The Morgan fingerprint density at radius 2 is 1.82 bits per heavy atom. The minimum atomic E-state index is -0.745. The van der Waals surface area contributed by atoms with E-state index in [1.54, 1.807) is 40.6 Å². The van der Waals surface area contributed by atoms with Gasteiger partial charge in [-0.3, -0.25) is 14.4 Å². The van der Waals surface area contributed by atoms with Crippen LogP contribution in [0.3, 0.4) is 0 Å². The molecule has 3 heterocycles. The summed E-state index contributed by atoms with van der Waals surface area (Å²) in [6.45, 7) is 16.2. The molecule has 0 aliphatic carbocycles. The molecule has 3 fully saturated rings. The molecule has 0 radical (unpaired) electrons. The third-order valence-corrected chi connectivity index (χ3v) is 10.9. The number of fused-ring (bicyclic) bond motifs is 1. The number of likely N-dealkylation sites (tertiary alicyclic amines) is 1. The largest absolute Gasteiger partial charge is 0.394 e. The second-order valence-electron chi connectivity index (χ2n) is 11.5. The summed E-state index contributed by atoms with van der Waals surface area (Å²) in [5.41, 5.74) is 0.761. The molecule has 0 saturated carbocycles. The molecule has 3 saturated heterocycles. The number of anilines is 1. The van der Waals surface area contributed by atoms with Gasteiger partial charge in [0, 0.05) is 29.6 Å². The van der Waals surface area contributed by atoms with Crippen LogP contribution in [0.1, 0.15) is 53.4 Å². The van der Waals surface area contributed by atoms with Gasteiger partial charge in [0.05, 0.1) is 29.2 Å². The highest BCUT2D eigenvalue weighted by molar-refractivity contribution is 8.02. The van der Waals surface area contributed by atoms with Crippen molar-refractivity contribution in [1.29, 1.82) is 0 Å². The number of carbonyl (C=O) groups is 3. The zero-order chi connectivity index (χ0) is 28.5. The van der Waals surface area contributed by atoms with Crippen LogP contribution in [-0.2, 0) is 14.4 Å². The maximum absolute atomic E-state index is 14.5. The molecule has 4 rings (SSSR count). The van der Waals surface area contributed by atoms with Gasteiger partial charge in [-0.1, -0.05) is 43.7 Å². The van der Waals surface area contributed by atoms with Crippen molar-refractivity contribution in [1.82, 2.24) is 9.80 Å². The molecule has 2 bridgehead atoms. The number of para-hydroxylation sites is 1. The van der Waals surface area contributed by atoms with Crippen LogP contribution in [-0.4, -0.2) is 79.9 Å². The standard InChI is InChI=1S/C31H43N3O4S/c1-7-13-21(4)32(18-8-2)29(38)26-31-17-16-30(6,39-31)24(25(31)28(37)34(26)22(5)20-35)27(36)33(19-9-3)23-14-11-10-12-15-23/h8-12,14-15,21-22,24-26,35H,2-3,7,13,16-20H2,1,4-6H3/t21?,22-,24+,25+,26?,30-,31?/m1/s1. The molecular weight excluding hydrogens is 510 g/mol. The lowest BCUT2D eigenvalue weighted by Gasteiger charge is -2.40. The fourth-order valence-electron chi connectivity index (χ4n) is 7.17. The summed E-state index contributed by atoms with van der Waals surface area (Å²) in [6, 6.07) is 8.17. The van der Waals surface area contributed by atoms with Crippen LogP contribution in [0, 0.1) is 11.8 Å². The van der Waals surface area contributed by atoms with Crippen LogP contribution in [0.2, 0.25) is 0 Å². The molecule has 8 heteroatoms. The van der Waals surface area contributed by atoms with E-state index < -0.39 is 33.4 Å². The van der Waals surface area contributed by atoms with Crippen molar-refractivity contribution in [2.45, 2.75) is 81.0 Å². The Kier molecular flexibility index (Phi) is 8.67. The summed E-state index contributed by atoms with van der Waals surface area (Å²) in [4.78, 5) is 48.4. The van der Waals surface area contributed by atoms with E-state index in [0.29, 0.717) is 19.5 Å². The van der Waals surface area contributed by atoms with Gasteiger partial charge < -0.3 is 19.8 Å². The molecule has 1 aromatic rings. The van der Waals surface area contributed by atoms with Gasteiger partial charge in [0.1, 0.15) is 6.04 Å².